The zero-order chi connectivity index (χ0) is 26.9. The Labute approximate surface area is 220 Å². The quantitative estimate of drug-likeness (QED) is 0.457. The lowest BCUT2D eigenvalue weighted by atomic mass is 9.76. The number of piperidine rings is 1. The minimum absolute atomic E-state index is 0.0401. The van der Waals surface area contributed by atoms with Crippen molar-refractivity contribution in [3.8, 4) is 0 Å². The van der Waals surface area contributed by atoms with Crippen LogP contribution in [0.5, 0.6) is 0 Å². The average Bonchev–Trinajstić information content (AvgIpc) is 2.80. The molecule has 1 aromatic carbocycles. The first-order chi connectivity index (χ1) is 17.5. The van der Waals surface area contributed by atoms with Crippen LogP contribution in [0.25, 0.3) is 0 Å². The molecular formula is C26H35F3N4O2P2. The number of halogens is 3. The average molecular weight is 555 g/mol. The van der Waals surface area contributed by atoms with Gasteiger partial charge in [0.15, 0.2) is 0 Å². The number of hydrogen-bond donors (Lipinski definition) is 2. The third kappa shape index (κ3) is 5.74. The molecule has 0 bridgehead atoms. The van der Waals surface area contributed by atoms with E-state index in [0.29, 0.717) is 23.2 Å². The summed E-state index contributed by atoms with van der Waals surface area (Å²) in [4.78, 5) is 28.8. The molecule has 2 N–H and O–H groups in total. The molecule has 2 aromatic rings. The Balaban J connectivity index is 1.68. The maximum Gasteiger partial charge on any atom is 0.261 e. The first-order valence-electron chi connectivity index (χ1n) is 12.6. The van der Waals surface area contributed by atoms with E-state index in [4.69, 9.17) is 0 Å². The second-order valence-electron chi connectivity index (χ2n) is 10.3. The van der Waals surface area contributed by atoms with E-state index in [1.807, 2.05) is 7.05 Å². The van der Waals surface area contributed by atoms with Gasteiger partial charge < -0.3 is 20.1 Å². The van der Waals surface area contributed by atoms with Crippen molar-refractivity contribution in [2.24, 2.45) is 0 Å². The molecule has 1 amide bonds. The van der Waals surface area contributed by atoms with E-state index < -0.39 is 35.3 Å². The van der Waals surface area contributed by atoms with Crippen LogP contribution >= 0.6 is 18.5 Å². The fourth-order valence-corrected chi connectivity index (χ4v) is 5.68. The molecule has 202 valence electrons. The van der Waals surface area contributed by atoms with Gasteiger partial charge in [0.05, 0.1) is 17.3 Å². The predicted molar refractivity (Wildman–Crippen MR) is 147 cm³/mol. The van der Waals surface area contributed by atoms with E-state index >= 15 is 4.39 Å². The highest BCUT2D eigenvalue weighted by molar-refractivity contribution is 7.37. The Hall–Kier alpha value is -1.95. The summed E-state index contributed by atoms with van der Waals surface area (Å²) in [5.74, 6) is -0.968. The second kappa shape index (κ2) is 11.4. The van der Waals surface area contributed by atoms with Crippen LogP contribution in [0.2, 0.25) is 0 Å². The number of rotatable bonds is 8. The molecule has 2 aliphatic rings. The molecule has 1 aliphatic heterocycles. The minimum atomic E-state index is -2.73. The van der Waals surface area contributed by atoms with E-state index in [0.717, 1.165) is 30.5 Å². The Morgan fingerprint density at radius 1 is 1.16 bits per heavy atom. The van der Waals surface area contributed by atoms with Crippen LogP contribution < -0.4 is 16.2 Å². The summed E-state index contributed by atoms with van der Waals surface area (Å²) in [6, 6.07) is 5.63. The van der Waals surface area contributed by atoms with Gasteiger partial charge in [-0.2, -0.15) is 0 Å². The van der Waals surface area contributed by atoms with Gasteiger partial charge in [0.2, 0.25) is 0 Å². The molecule has 1 saturated carbocycles. The van der Waals surface area contributed by atoms with Gasteiger partial charge in [-0.15, -0.1) is 18.5 Å². The lowest BCUT2D eigenvalue weighted by Crippen LogP contribution is -2.52. The van der Waals surface area contributed by atoms with Gasteiger partial charge >= 0.3 is 0 Å². The highest BCUT2D eigenvalue weighted by atomic mass is 31.1. The van der Waals surface area contributed by atoms with E-state index in [2.05, 4.69) is 34.0 Å². The summed E-state index contributed by atoms with van der Waals surface area (Å²) in [6.45, 7) is 3.40. The summed E-state index contributed by atoms with van der Waals surface area (Å²) in [6.07, 6.45) is 1.11. The Bertz CT molecular complexity index is 1190. The van der Waals surface area contributed by atoms with Gasteiger partial charge in [0.1, 0.15) is 11.4 Å². The molecule has 37 heavy (non-hydrogen) atoms. The van der Waals surface area contributed by atoms with Crippen molar-refractivity contribution < 1.29 is 18.0 Å². The molecule has 0 radical (unpaired) electrons. The Morgan fingerprint density at radius 2 is 1.81 bits per heavy atom. The van der Waals surface area contributed by atoms with Crippen molar-refractivity contribution in [2.45, 2.75) is 68.5 Å². The van der Waals surface area contributed by atoms with Crippen molar-refractivity contribution in [1.82, 2.24) is 14.8 Å². The predicted octanol–water partition coefficient (Wildman–Crippen LogP) is 4.88. The topological polar surface area (TPSA) is 66.4 Å². The molecule has 6 nitrogen and oxygen atoms in total. The number of anilines is 1. The summed E-state index contributed by atoms with van der Waals surface area (Å²) < 4.78 is 44.4. The molecule has 3 atom stereocenters. The highest BCUT2D eigenvalue weighted by Gasteiger charge is 2.48. The van der Waals surface area contributed by atoms with Gasteiger partial charge in [-0.25, -0.2) is 13.2 Å². The number of nitrogens with zero attached hydrogens (tertiary/aromatic N) is 2. The fourth-order valence-electron chi connectivity index (χ4n) is 5.17. The second-order valence-corrected chi connectivity index (χ2v) is 12.5. The van der Waals surface area contributed by atoms with Crippen LogP contribution in [0.15, 0.2) is 35.3 Å². The standard InChI is InChI=1S/C26H35F3N4O2P2/c1-15(17-5-3-6-18(22(17)27)24(36)37)30-23(35)19-14-33(26(25(28)29)9-4-10-26)21(34)13-20(19)31-16-7-11-32(2)12-8-16/h3,5-6,13-16,24-25,31H,4,7-12,36-37H2,1-2H3,(H,30,35)/t15-/m1/s1. The smallest absolute Gasteiger partial charge is 0.261 e. The molecule has 4 rings (SSSR count). The number of aromatic nitrogens is 1. The first-order valence-corrected chi connectivity index (χ1v) is 14.0. The molecule has 2 unspecified atom stereocenters. The maximum atomic E-state index is 15.1. The first kappa shape index (κ1) is 28.1. The van der Waals surface area contributed by atoms with Gasteiger partial charge in [-0.3, -0.25) is 9.59 Å². The number of likely N-dealkylation sites (tertiary alicyclic amines) is 1. The zero-order valence-electron chi connectivity index (χ0n) is 21.1. The highest BCUT2D eigenvalue weighted by Crippen LogP contribution is 2.43. The van der Waals surface area contributed by atoms with Crippen LogP contribution in [0.4, 0.5) is 18.9 Å². The number of alkyl halides is 2. The summed E-state index contributed by atoms with van der Waals surface area (Å²) in [5, 5.41) is 5.95. The number of nitrogens with one attached hydrogen (secondary N) is 2. The van der Waals surface area contributed by atoms with Crippen LogP contribution in [0.1, 0.15) is 72.0 Å². The molecule has 2 heterocycles. The summed E-state index contributed by atoms with van der Waals surface area (Å²) in [5.41, 5.74) is -0.947. The summed E-state index contributed by atoms with van der Waals surface area (Å²) in [7, 11) is 7.08. The molecular weight excluding hydrogens is 519 g/mol. The molecule has 1 saturated heterocycles. The third-order valence-electron chi connectivity index (χ3n) is 7.71. The third-order valence-corrected chi connectivity index (χ3v) is 8.43. The van der Waals surface area contributed by atoms with Gasteiger partial charge in [-0.1, -0.05) is 18.2 Å². The number of benzene rings is 1. The Morgan fingerprint density at radius 3 is 2.38 bits per heavy atom. The minimum Gasteiger partial charge on any atom is -0.381 e. The number of carbonyl (C=O) groups excluding carboxylic acids is 1. The zero-order valence-corrected chi connectivity index (χ0v) is 23.5. The molecule has 1 aromatic heterocycles. The van der Waals surface area contributed by atoms with Crippen molar-refractivity contribution >= 4 is 30.1 Å². The molecule has 1 aliphatic carbocycles. The van der Waals surface area contributed by atoms with Crippen LogP contribution in [-0.2, 0) is 5.54 Å². The Kier molecular flexibility index (Phi) is 8.67. The van der Waals surface area contributed by atoms with Crippen molar-refractivity contribution in [1.29, 1.82) is 0 Å². The van der Waals surface area contributed by atoms with E-state index in [1.54, 1.807) is 25.1 Å². The number of hydrogen-bond acceptors (Lipinski definition) is 4. The largest absolute Gasteiger partial charge is 0.381 e. The van der Waals surface area contributed by atoms with Gasteiger partial charge in [-0.05, 0) is 64.7 Å². The molecule has 0 spiro atoms. The monoisotopic (exact) mass is 554 g/mol. The van der Waals surface area contributed by atoms with Gasteiger partial charge in [0.25, 0.3) is 17.9 Å². The van der Waals surface area contributed by atoms with Crippen LogP contribution in [0, 0.1) is 5.82 Å². The van der Waals surface area contributed by atoms with E-state index in [-0.39, 0.29) is 29.8 Å². The molecule has 11 heteroatoms. The maximum absolute atomic E-state index is 15.1. The lowest BCUT2D eigenvalue weighted by molar-refractivity contribution is -0.0504. The van der Waals surface area contributed by atoms with Crippen molar-refractivity contribution in [2.75, 3.05) is 25.5 Å². The lowest BCUT2D eigenvalue weighted by Gasteiger charge is -2.42. The van der Waals surface area contributed by atoms with E-state index in [9.17, 15) is 18.4 Å². The number of amides is 1. The van der Waals surface area contributed by atoms with Crippen LogP contribution in [-0.4, -0.2) is 48.0 Å². The SMILES string of the molecule is C[C@@H](NC(=O)c1cn(C2(C(F)F)CCC2)c(=O)cc1NC1CCN(C)CC1)c1cccc(C(P)P)c1F. The number of pyridine rings is 1. The van der Waals surface area contributed by atoms with Crippen molar-refractivity contribution in [3.05, 3.63) is 63.3 Å². The fraction of sp³-hybridized carbons (Fsp3) is 0.538. The normalized spacial score (nSPS) is 19.1. The van der Waals surface area contributed by atoms with Gasteiger partial charge in [0, 0.05) is 29.3 Å². The summed E-state index contributed by atoms with van der Waals surface area (Å²) >= 11 is 0. The molecule has 2 fully saturated rings. The number of carbonyl (C=O) groups is 1. The van der Waals surface area contributed by atoms with E-state index in [1.165, 1.54) is 12.3 Å². The van der Waals surface area contributed by atoms with Crippen LogP contribution in [0.3, 0.4) is 0 Å². The van der Waals surface area contributed by atoms with Crippen molar-refractivity contribution in [3.63, 3.8) is 0 Å².